The second-order valence-corrected chi connectivity index (χ2v) is 9.75. The molecule has 1 aliphatic heterocycles. The first-order valence-electron chi connectivity index (χ1n) is 8.76. The molecule has 1 unspecified atom stereocenters. The lowest BCUT2D eigenvalue weighted by atomic mass is 10.1. The minimum absolute atomic E-state index is 0.0407. The summed E-state index contributed by atoms with van der Waals surface area (Å²) in [6.07, 6.45) is 2.21. The molecule has 0 aromatic carbocycles. The lowest BCUT2D eigenvalue weighted by molar-refractivity contribution is -0.150. The highest BCUT2D eigenvalue weighted by atomic mass is 32.2. The van der Waals surface area contributed by atoms with E-state index in [4.69, 9.17) is 9.47 Å². The van der Waals surface area contributed by atoms with Crippen LogP contribution in [0.5, 0.6) is 0 Å². The fourth-order valence-corrected chi connectivity index (χ4v) is 5.74. The largest absolute Gasteiger partial charge is 0.462 e. The second kappa shape index (κ2) is 7.97. The Balaban J connectivity index is 1.59. The Bertz CT molecular complexity index is 855. The topological polar surface area (TPSA) is 116 Å². The molecule has 2 heterocycles. The zero-order valence-electron chi connectivity index (χ0n) is 14.9. The van der Waals surface area contributed by atoms with E-state index in [-0.39, 0.29) is 24.5 Å². The third kappa shape index (κ3) is 4.86. The van der Waals surface area contributed by atoms with Gasteiger partial charge in [0.1, 0.15) is 5.00 Å². The van der Waals surface area contributed by atoms with Gasteiger partial charge >= 0.3 is 11.9 Å². The highest BCUT2D eigenvalue weighted by molar-refractivity contribution is 7.91. The molecule has 1 atom stereocenters. The molecule has 27 heavy (non-hydrogen) atoms. The number of ether oxygens (including phenoxy) is 2. The van der Waals surface area contributed by atoms with Crippen molar-refractivity contribution in [1.82, 2.24) is 0 Å². The van der Waals surface area contributed by atoms with Gasteiger partial charge in [-0.25, -0.2) is 13.2 Å². The highest BCUT2D eigenvalue weighted by Crippen LogP contribution is 2.46. The number of anilines is 1. The van der Waals surface area contributed by atoms with E-state index in [1.54, 1.807) is 6.92 Å². The number of thiophene rings is 1. The quantitative estimate of drug-likeness (QED) is 0.674. The van der Waals surface area contributed by atoms with Gasteiger partial charge in [-0.15, -0.1) is 11.3 Å². The van der Waals surface area contributed by atoms with Crippen molar-refractivity contribution in [3.63, 3.8) is 0 Å². The number of hydrogen-bond donors (Lipinski definition) is 1. The van der Waals surface area contributed by atoms with Gasteiger partial charge in [-0.05, 0) is 43.0 Å². The maximum absolute atomic E-state index is 12.3. The third-order valence-corrected chi connectivity index (χ3v) is 7.16. The van der Waals surface area contributed by atoms with E-state index >= 15 is 0 Å². The van der Waals surface area contributed by atoms with Gasteiger partial charge in [0.25, 0.3) is 5.91 Å². The summed E-state index contributed by atoms with van der Waals surface area (Å²) in [4.78, 5) is 36.3. The van der Waals surface area contributed by atoms with Crippen molar-refractivity contribution in [2.24, 2.45) is 5.92 Å². The molecule has 3 rings (SSSR count). The molecular weight excluding hydrogens is 394 g/mol. The van der Waals surface area contributed by atoms with Crippen LogP contribution in [0.1, 0.15) is 48.0 Å². The van der Waals surface area contributed by atoms with Crippen molar-refractivity contribution in [3.05, 3.63) is 16.5 Å². The maximum Gasteiger partial charge on any atom is 0.341 e. The second-order valence-electron chi connectivity index (χ2n) is 6.65. The lowest BCUT2D eigenvalue weighted by Crippen LogP contribution is -2.25. The third-order valence-electron chi connectivity index (χ3n) is 4.48. The van der Waals surface area contributed by atoms with Gasteiger partial charge in [-0.2, -0.15) is 0 Å². The maximum atomic E-state index is 12.3. The Morgan fingerprint density at radius 2 is 1.96 bits per heavy atom. The van der Waals surface area contributed by atoms with Crippen LogP contribution in [0.15, 0.2) is 5.38 Å². The number of hydrogen-bond acceptors (Lipinski definition) is 8. The number of amides is 1. The minimum atomic E-state index is -3.20. The van der Waals surface area contributed by atoms with E-state index in [1.807, 2.05) is 5.38 Å². The monoisotopic (exact) mass is 415 g/mol. The molecule has 0 radical (unpaired) electrons. The van der Waals surface area contributed by atoms with Crippen molar-refractivity contribution in [2.45, 2.75) is 32.1 Å². The standard InChI is InChI=1S/C17H21NO7S2/c1-2-24-17(21)14-12(10-3-4-10)8-26-15(14)18-13(19)7-25-16(20)11-5-6-27(22,23)9-11/h8,10-11H,2-7,9H2,1H3,(H,18,19). The molecular formula is C17H21NO7S2. The van der Waals surface area contributed by atoms with Crippen LogP contribution in [0, 0.1) is 5.92 Å². The van der Waals surface area contributed by atoms with Gasteiger partial charge in [-0.1, -0.05) is 0 Å². The summed E-state index contributed by atoms with van der Waals surface area (Å²) in [5, 5.41) is 4.82. The van der Waals surface area contributed by atoms with Crippen LogP contribution < -0.4 is 5.32 Å². The fraction of sp³-hybridized carbons (Fsp3) is 0.588. The predicted molar refractivity (Wildman–Crippen MR) is 98.6 cm³/mol. The summed E-state index contributed by atoms with van der Waals surface area (Å²) in [5.41, 5.74) is 1.24. The molecule has 2 aliphatic rings. The Morgan fingerprint density at radius 1 is 1.22 bits per heavy atom. The number of carbonyl (C=O) groups is 3. The van der Waals surface area contributed by atoms with Crippen LogP contribution in [-0.4, -0.2) is 51.0 Å². The molecule has 1 aliphatic carbocycles. The molecule has 1 saturated carbocycles. The van der Waals surface area contributed by atoms with Crippen LogP contribution >= 0.6 is 11.3 Å². The van der Waals surface area contributed by atoms with Gasteiger partial charge in [-0.3, -0.25) is 9.59 Å². The molecule has 0 spiro atoms. The average Bonchev–Trinajstić information content (AvgIpc) is 3.27. The Labute approximate surface area is 161 Å². The molecule has 1 aromatic heterocycles. The summed E-state index contributed by atoms with van der Waals surface area (Å²) in [5.74, 6) is -2.45. The molecule has 148 valence electrons. The minimum Gasteiger partial charge on any atom is -0.462 e. The Morgan fingerprint density at radius 3 is 2.56 bits per heavy atom. The number of carbonyl (C=O) groups excluding carboxylic acids is 3. The molecule has 1 aromatic rings. The zero-order valence-corrected chi connectivity index (χ0v) is 16.5. The first kappa shape index (κ1) is 19.8. The van der Waals surface area contributed by atoms with Gasteiger partial charge in [0, 0.05) is 0 Å². The van der Waals surface area contributed by atoms with Gasteiger partial charge in [0.05, 0.1) is 29.6 Å². The first-order chi connectivity index (χ1) is 12.8. The normalized spacial score (nSPS) is 20.9. The predicted octanol–water partition coefficient (Wildman–Crippen LogP) is 1.72. The number of nitrogens with one attached hydrogen (secondary N) is 1. The molecule has 10 heteroatoms. The number of esters is 2. The molecule has 0 bridgehead atoms. The molecule has 1 saturated heterocycles. The van der Waals surface area contributed by atoms with Gasteiger partial charge in [0.15, 0.2) is 16.4 Å². The van der Waals surface area contributed by atoms with Crippen molar-refractivity contribution in [2.75, 3.05) is 30.0 Å². The van der Waals surface area contributed by atoms with E-state index < -0.39 is 40.2 Å². The lowest BCUT2D eigenvalue weighted by Gasteiger charge is -2.10. The van der Waals surface area contributed by atoms with Crippen molar-refractivity contribution in [1.29, 1.82) is 0 Å². The molecule has 2 fully saturated rings. The smallest absolute Gasteiger partial charge is 0.341 e. The molecule has 1 amide bonds. The van der Waals surface area contributed by atoms with Crippen LogP contribution in [0.2, 0.25) is 0 Å². The van der Waals surface area contributed by atoms with Gasteiger partial charge in [0.2, 0.25) is 0 Å². The highest BCUT2D eigenvalue weighted by Gasteiger charge is 2.35. The summed E-state index contributed by atoms with van der Waals surface area (Å²) >= 11 is 1.23. The van der Waals surface area contributed by atoms with Crippen LogP contribution in [-0.2, 0) is 28.9 Å². The molecule has 8 nitrogen and oxygen atoms in total. The summed E-state index contributed by atoms with van der Waals surface area (Å²) < 4.78 is 32.9. The van der Waals surface area contributed by atoms with Crippen molar-refractivity contribution >= 4 is 44.0 Å². The van der Waals surface area contributed by atoms with Crippen LogP contribution in [0.25, 0.3) is 0 Å². The van der Waals surface area contributed by atoms with E-state index in [1.165, 1.54) is 11.3 Å². The number of rotatable bonds is 7. The average molecular weight is 415 g/mol. The summed E-state index contributed by atoms with van der Waals surface area (Å²) in [7, 11) is -3.20. The fourth-order valence-electron chi connectivity index (χ4n) is 2.97. The van der Waals surface area contributed by atoms with Crippen LogP contribution in [0.3, 0.4) is 0 Å². The molecule has 1 N–H and O–H groups in total. The van der Waals surface area contributed by atoms with Crippen molar-refractivity contribution < 1.29 is 32.3 Å². The zero-order chi connectivity index (χ0) is 19.6. The van der Waals surface area contributed by atoms with E-state index in [9.17, 15) is 22.8 Å². The first-order valence-corrected chi connectivity index (χ1v) is 11.5. The van der Waals surface area contributed by atoms with E-state index in [0.717, 1.165) is 18.4 Å². The van der Waals surface area contributed by atoms with Crippen LogP contribution in [0.4, 0.5) is 5.00 Å². The Kier molecular flexibility index (Phi) is 5.85. The summed E-state index contributed by atoms with van der Waals surface area (Å²) in [6.45, 7) is 1.41. The summed E-state index contributed by atoms with van der Waals surface area (Å²) in [6, 6.07) is 0. The SMILES string of the molecule is CCOC(=O)c1c(C2CC2)csc1NC(=O)COC(=O)C1CCS(=O)(=O)C1. The number of sulfone groups is 1. The van der Waals surface area contributed by atoms with E-state index in [2.05, 4.69) is 5.32 Å². The van der Waals surface area contributed by atoms with E-state index in [0.29, 0.717) is 16.5 Å². The van der Waals surface area contributed by atoms with Gasteiger partial charge < -0.3 is 14.8 Å². The Hall–Kier alpha value is -1.94. The van der Waals surface area contributed by atoms with Crippen molar-refractivity contribution in [3.8, 4) is 0 Å².